The monoisotopic (exact) mass is 799 g/mol. The van der Waals surface area contributed by atoms with Gasteiger partial charge < -0.3 is 0 Å². The molecule has 0 spiro atoms. The fourth-order valence-corrected chi connectivity index (χ4v) is 10.7. The van der Waals surface area contributed by atoms with Crippen LogP contribution in [0.1, 0.15) is 0 Å². The van der Waals surface area contributed by atoms with Crippen LogP contribution in [-0.2, 0) is 0 Å². The number of hydrogen-bond acceptors (Lipinski definition) is 5. The summed E-state index contributed by atoms with van der Waals surface area (Å²) in [5, 5.41) is 6.29. The van der Waals surface area contributed by atoms with Crippen molar-refractivity contribution in [2.75, 3.05) is 0 Å². The molecule has 0 N–H and O–H groups in total. The van der Waals surface area contributed by atoms with Gasteiger partial charge >= 0.3 is 0 Å². The zero-order valence-electron chi connectivity index (χ0n) is 32.2. The highest BCUT2D eigenvalue weighted by atomic mass is 32.1. The molecule has 0 aliphatic heterocycles. The Morgan fingerprint density at radius 1 is 0.300 bits per heavy atom. The molecular formula is C55H33N3S2. The third-order valence-corrected chi connectivity index (χ3v) is 13.9. The van der Waals surface area contributed by atoms with Gasteiger partial charge in [0, 0.05) is 68.6 Å². The number of aromatic nitrogens is 3. The van der Waals surface area contributed by atoms with Gasteiger partial charge in [0.15, 0.2) is 5.82 Å². The van der Waals surface area contributed by atoms with Crippen LogP contribution in [0.4, 0.5) is 0 Å². The summed E-state index contributed by atoms with van der Waals surface area (Å²) >= 11 is 3.70. The molecule has 0 aliphatic rings. The predicted octanol–water partition coefficient (Wildman–Crippen LogP) is 15.8. The molecule has 60 heavy (non-hydrogen) atoms. The van der Waals surface area contributed by atoms with Crippen LogP contribution < -0.4 is 0 Å². The number of nitrogens with zero attached hydrogens (tertiary/aromatic N) is 3. The molecule has 0 saturated carbocycles. The van der Waals surface area contributed by atoms with Crippen molar-refractivity contribution in [1.82, 2.24) is 15.0 Å². The summed E-state index contributed by atoms with van der Waals surface area (Å²) in [7, 11) is 0. The number of hydrogen-bond donors (Lipinski definition) is 0. The van der Waals surface area contributed by atoms with Gasteiger partial charge in [-0.25, -0.2) is 9.97 Å². The van der Waals surface area contributed by atoms with Crippen molar-refractivity contribution in [2.24, 2.45) is 0 Å². The van der Waals surface area contributed by atoms with Gasteiger partial charge in [0.05, 0.1) is 16.9 Å². The van der Waals surface area contributed by atoms with Crippen LogP contribution in [0.25, 0.3) is 119 Å². The smallest absolute Gasteiger partial charge is 0.160 e. The highest BCUT2D eigenvalue weighted by molar-refractivity contribution is 7.26. The van der Waals surface area contributed by atoms with Gasteiger partial charge in [0.25, 0.3) is 0 Å². The Labute approximate surface area is 354 Å². The minimum atomic E-state index is 0.691. The lowest BCUT2D eigenvalue weighted by Crippen LogP contribution is -1.96. The van der Waals surface area contributed by atoms with E-state index in [4.69, 9.17) is 9.97 Å². The number of para-hydroxylation sites is 1. The molecule has 0 fully saturated rings. The minimum absolute atomic E-state index is 0.691. The van der Waals surface area contributed by atoms with Crippen LogP contribution in [0.5, 0.6) is 0 Å². The van der Waals surface area contributed by atoms with Gasteiger partial charge in [-0.15, -0.1) is 22.7 Å². The van der Waals surface area contributed by atoms with E-state index in [1.54, 1.807) is 0 Å². The molecule has 12 aromatic rings. The zero-order chi connectivity index (χ0) is 39.6. The average Bonchev–Trinajstić information content (AvgIpc) is 3.89. The standard InChI is InChI=1S/C55H33N3S2/c1-2-10-36(11-3-1)55-57-49(35-20-18-34(19-21-35)42-26-27-56-48-15-7-4-12-43(42)48)33-50(58-55)41-29-39(37-22-24-53-46(31-37)44-13-5-8-16-51(44)59-53)28-40(30-41)38-23-25-54-47(32-38)45-14-6-9-17-52(45)60-54/h1-33H. The van der Waals surface area contributed by atoms with E-state index in [1.807, 2.05) is 53.1 Å². The maximum Gasteiger partial charge on any atom is 0.160 e. The first kappa shape index (κ1) is 34.7. The van der Waals surface area contributed by atoms with Crippen LogP contribution in [0.3, 0.4) is 0 Å². The van der Waals surface area contributed by atoms with Gasteiger partial charge in [-0.05, 0) is 106 Å². The average molecular weight is 800 g/mol. The number of pyridine rings is 1. The van der Waals surface area contributed by atoms with Crippen molar-refractivity contribution in [1.29, 1.82) is 0 Å². The van der Waals surface area contributed by atoms with E-state index in [-0.39, 0.29) is 0 Å². The van der Waals surface area contributed by atoms with E-state index in [0.29, 0.717) is 5.82 Å². The van der Waals surface area contributed by atoms with E-state index in [2.05, 4.69) is 175 Å². The van der Waals surface area contributed by atoms with E-state index < -0.39 is 0 Å². The van der Waals surface area contributed by atoms with Gasteiger partial charge in [-0.3, -0.25) is 4.98 Å². The summed E-state index contributed by atoms with van der Waals surface area (Å²) in [5.41, 5.74) is 12.7. The van der Waals surface area contributed by atoms with E-state index in [9.17, 15) is 0 Å². The van der Waals surface area contributed by atoms with Gasteiger partial charge in [0.2, 0.25) is 0 Å². The molecule has 5 heteroatoms. The molecule has 3 nitrogen and oxygen atoms in total. The van der Waals surface area contributed by atoms with Crippen LogP contribution in [-0.4, -0.2) is 15.0 Å². The first-order valence-electron chi connectivity index (χ1n) is 20.1. The molecule has 0 unspecified atom stereocenters. The molecule has 0 atom stereocenters. The van der Waals surface area contributed by atoms with Crippen LogP contribution in [0.15, 0.2) is 200 Å². The number of benzene rings is 8. The Bertz CT molecular complexity index is 3470. The summed E-state index contributed by atoms with van der Waals surface area (Å²) in [5.74, 6) is 0.691. The van der Waals surface area contributed by atoms with Gasteiger partial charge in [-0.1, -0.05) is 121 Å². The van der Waals surface area contributed by atoms with Crippen molar-refractivity contribution in [2.45, 2.75) is 0 Å². The number of rotatable bonds is 6. The second-order valence-electron chi connectivity index (χ2n) is 15.2. The summed E-state index contributed by atoms with van der Waals surface area (Å²) < 4.78 is 5.20. The summed E-state index contributed by atoms with van der Waals surface area (Å²) in [4.78, 5) is 15.1. The SMILES string of the molecule is c1ccc(-c2nc(-c3ccc(-c4ccnc5ccccc45)cc3)cc(-c3cc(-c4ccc5sc6ccccc6c5c4)cc(-c4ccc5sc6ccccc6c5c4)c3)n2)cc1. The molecule has 12 rings (SSSR count). The normalized spacial score (nSPS) is 11.7. The maximum atomic E-state index is 5.32. The van der Waals surface area contributed by atoms with E-state index in [1.165, 1.54) is 51.5 Å². The molecule has 0 bridgehead atoms. The predicted molar refractivity (Wildman–Crippen MR) is 256 cm³/mol. The van der Waals surface area contributed by atoms with Gasteiger partial charge in [-0.2, -0.15) is 0 Å². The zero-order valence-corrected chi connectivity index (χ0v) is 33.8. The number of thiophene rings is 2. The van der Waals surface area contributed by atoms with Crippen LogP contribution >= 0.6 is 22.7 Å². The maximum absolute atomic E-state index is 5.32. The largest absolute Gasteiger partial charge is 0.256 e. The molecule has 0 saturated heterocycles. The van der Waals surface area contributed by atoms with Crippen LogP contribution in [0.2, 0.25) is 0 Å². The molecule has 4 heterocycles. The molecule has 0 radical (unpaired) electrons. The fraction of sp³-hybridized carbons (Fsp3) is 0. The second-order valence-corrected chi connectivity index (χ2v) is 17.4. The van der Waals surface area contributed by atoms with Crippen molar-refractivity contribution in [3.8, 4) is 67.3 Å². The Morgan fingerprint density at radius 2 is 0.800 bits per heavy atom. The summed E-state index contributed by atoms with van der Waals surface area (Å²) in [6.07, 6.45) is 1.89. The highest BCUT2D eigenvalue weighted by Gasteiger charge is 2.16. The van der Waals surface area contributed by atoms with Crippen LogP contribution in [0, 0.1) is 0 Å². The Balaban J connectivity index is 1.04. The summed E-state index contributed by atoms with van der Waals surface area (Å²) in [6.45, 7) is 0. The Morgan fingerprint density at radius 3 is 1.45 bits per heavy atom. The lowest BCUT2D eigenvalue weighted by atomic mass is 9.93. The molecular weight excluding hydrogens is 767 g/mol. The van der Waals surface area contributed by atoms with Gasteiger partial charge in [0.1, 0.15) is 0 Å². The third-order valence-electron chi connectivity index (χ3n) is 11.5. The van der Waals surface area contributed by atoms with Crippen molar-refractivity contribution in [3.63, 3.8) is 0 Å². The Kier molecular flexibility index (Phi) is 8.22. The second kappa shape index (κ2) is 14.2. The minimum Gasteiger partial charge on any atom is -0.256 e. The topological polar surface area (TPSA) is 38.7 Å². The lowest BCUT2D eigenvalue weighted by Gasteiger charge is -2.14. The van der Waals surface area contributed by atoms with Crippen molar-refractivity contribution < 1.29 is 0 Å². The highest BCUT2D eigenvalue weighted by Crippen LogP contribution is 2.41. The number of fused-ring (bicyclic) bond motifs is 7. The first-order chi connectivity index (χ1) is 29.7. The fourth-order valence-electron chi connectivity index (χ4n) is 8.55. The van der Waals surface area contributed by atoms with E-state index >= 15 is 0 Å². The van der Waals surface area contributed by atoms with Crippen molar-refractivity contribution >= 4 is 73.9 Å². The molecule has 4 aromatic heterocycles. The van der Waals surface area contributed by atoms with E-state index in [0.717, 1.165) is 61.2 Å². The first-order valence-corrected chi connectivity index (χ1v) is 21.7. The lowest BCUT2D eigenvalue weighted by molar-refractivity contribution is 1.18. The molecule has 280 valence electrons. The molecule has 0 amide bonds. The Hall–Kier alpha value is -7.31. The summed E-state index contributed by atoms with van der Waals surface area (Å²) in [6, 6.07) is 69.8. The molecule has 0 aliphatic carbocycles. The van der Waals surface area contributed by atoms with Crippen molar-refractivity contribution in [3.05, 3.63) is 200 Å². The quantitative estimate of drug-likeness (QED) is 0.168. The molecule has 8 aromatic carbocycles. The third kappa shape index (κ3) is 6.06.